The Morgan fingerprint density at radius 2 is 1.89 bits per heavy atom. The molecule has 0 radical (unpaired) electrons. The molecular weight excluding hydrogens is 453 g/mol. The summed E-state index contributed by atoms with van der Waals surface area (Å²) in [7, 11) is 0. The molecule has 2 heterocycles. The molecule has 1 aromatic heterocycles. The van der Waals surface area contributed by atoms with Crippen LogP contribution in [-0.2, 0) is 16.6 Å². The molecular formula is C30H30FN3O2. The number of allylic oxidation sites excluding steroid dienone is 1. The fourth-order valence-electron chi connectivity index (χ4n) is 5.60. The van der Waals surface area contributed by atoms with Crippen molar-refractivity contribution in [3.63, 3.8) is 0 Å². The highest BCUT2D eigenvalue weighted by molar-refractivity contribution is 5.94. The van der Waals surface area contributed by atoms with Crippen molar-refractivity contribution in [1.29, 1.82) is 0 Å². The Kier molecular flexibility index (Phi) is 6.22. The van der Waals surface area contributed by atoms with Crippen molar-refractivity contribution < 1.29 is 14.3 Å². The lowest BCUT2D eigenvalue weighted by molar-refractivity contribution is -0.138. The van der Waals surface area contributed by atoms with E-state index in [1.165, 1.54) is 12.1 Å². The van der Waals surface area contributed by atoms with E-state index < -0.39 is 11.6 Å². The number of aliphatic hydroxyl groups excluding tert-OH is 1. The molecule has 1 aliphatic rings. The SMILES string of the molecule is C/C=C\C(C)N1C(=O)C(Cc2ccccc2)(c2cc3cnn(-c4ccc(F)cc4)c3cc2C)CC1O. The summed E-state index contributed by atoms with van der Waals surface area (Å²) in [6.45, 7) is 5.85. The minimum Gasteiger partial charge on any atom is -0.373 e. The molecule has 36 heavy (non-hydrogen) atoms. The van der Waals surface area contributed by atoms with Gasteiger partial charge in [-0.3, -0.25) is 4.79 Å². The molecule has 1 fully saturated rings. The largest absolute Gasteiger partial charge is 0.373 e. The van der Waals surface area contributed by atoms with Gasteiger partial charge in [0.15, 0.2) is 0 Å². The van der Waals surface area contributed by atoms with Crippen LogP contribution in [0.5, 0.6) is 0 Å². The Morgan fingerprint density at radius 3 is 2.58 bits per heavy atom. The van der Waals surface area contributed by atoms with E-state index in [9.17, 15) is 14.3 Å². The molecule has 1 N–H and O–H groups in total. The summed E-state index contributed by atoms with van der Waals surface area (Å²) >= 11 is 0. The number of rotatable bonds is 6. The zero-order valence-electron chi connectivity index (χ0n) is 20.7. The van der Waals surface area contributed by atoms with Gasteiger partial charge >= 0.3 is 0 Å². The minimum absolute atomic E-state index is 0.0715. The van der Waals surface area contributed by atoms with Crippen LogP contribution in [0.4, 0.5) is 4.39 Å². The maximum atomic E-state index is 14.2. The van der Waals surface area contributed by atoms with Crippen LogP contribution in [0.25, 0.3) is 16.6 Å². The summed E-state index contributed by atoms with van der Waals surface area (Å²) in [5.74, 6) is -0.371. The quantitative estimate of drug-likeness (QED) is 0.370. The average molecular weight is 484 g/mol. The van der Waals surface area contributed by atoms with Gasteiger partial charge in [-0.05, 0) is 80.3 Å². The van der Waals surface area contributed by atoms with Crippen LogP contribution >= 0.6 is 0 Å². The number of hydrogen-bond acceptors (Lipinski definition) is 3. The molecule has 5 nitrogen and oxygen atoms in total. The number of carbonyl (C=O) groups excluding carboxylic acids is 1. The first-order valence-electron chi connectivity index (χ1n) is 12.3. The number of carbonyl (C=O) groups is 1. The van der Waals surface area contributed by atoms with Crippen molar-refractivity contribution in [2.75, 3.05) is 0 Å². The van der Waals surface area contributed by atoms with E-state index in [1.54, 1.807) is 27.9 Å². The van der Waals surface area contributed by atoms with Gasteiger partial charge in [0, 0.05) is 17.8 Å². The van der Waals surface area contributed by atoms with Crippen LogP contribution in [0.15, 0.2) is 85.1 Å². The highest BCUT2D eigenvalue weighted by Crippen LogP contribution is 2.44. The third-order valence-electron chi connectivity index (χ3n) is 7.26. The Labute approximate surface area is 210 Å². The third-order valence-corrected chi connectivity index (χ3v) is 7.26. The van der Waals surface area contributed by atoms with Crippen LogP contribution in [0.2, 0.25) is 0 Å². The molecule has 4 aromatic rings. The van der Waals surface area contributed by atoms with Crippen LogP contribution in [0.3, 0.4) is 0 Å². The number of benzene rings is 3. The van der Waals surface area contributed by atoms with E-state index in [1.807, 2.05) is 75.4 Å². The first-order chi connectivity index (χ1) is 17.3. The molecule has 3 aromatic carbocycles. The molecule has 0 saturated carbocycles. The van der Waals surface area contributed by atoms with Crippen LogP contribution in [0, 0.1) is 12.7 Å². The Morgan fingerprint density at radius 1 is 1.17 bits per heavy atom. The maximum absolute atomic E-state index is 14.2. The van der Waals surface area contributed by atoms with Crippen molar-refractivity contribution in [2.24, 2.45) is 0 Å². The van der Waals surface area contributed by atoms with Crippen LogP contribution < -0.4 is 0 Å². The van der Waals surface area contributed by atoms with Gasteiger partial charge in [-0.25, -0.2) is 9.07 Å². The second-order valence-corrected chi connectivity index (χ2v) is 9.67. The Bertz CT molecular complexity index is 1430. The van der Waals surface area contributed by atoms with Gasteiger partial charge in [0.2, 0.25) is 5.91 Å². The van der Waals surface area contributed by atoms with E-state index in [0.717, 1.165) is 33.3 Å². The van der Waals surface area contributed by atoms with Gasteiger partial charge in [-0.1, -0.05) is 42.5 Å². The van der Waals surface area contributed by atoms with E-state index in [-0.39, 0.29) is 17.8 Å². The van der Waals surface area contributed by atoms with Crippen LogP contribution in [-0.4, -0.2) is 38.0 Å². The number of hydrogen-bond donors (Lipinski definition) is 1. The summed E-state index contributed by atoms with van der Waals surface area (Å²) in [5.41, 5.74) is 3.62. The molecule has 0 bridgehead atoms. The highest BCUT2D eigenvalue weighted by Gasteiger charge is 2.53. The van der Waals surface area contributed by atoms with Gasteiger partial charge in [-0.15, -0.1) is 0 Å². The van der Waals surface area contributed by atoms with Crippen molar-refractivity contribution in [3.8, 4) is 5.69 Å². The van der Waals surface area contributed by atoms with Crippen molar-refractivity contribution in [1.82, 2.24) is 14.7 Å². The monoisotopic (exact) mass is 483 g/mol. The Balaban J connectivity index is 1.66. The molecule has 1 aliphatic heterocycles. The topological polar surface area (TPSA) is 58.4 Å². The summed E-state index contributed by atoms with van der Waals surface area (Å²) in [6, 6.07) is 20.0. The van der Waals surface area contributed by atoms with Crippen molar-refractivity contribution in [3.05, 3.63) is 108 Å². The van der Waals surface area contributed by atoms with Crippen molar-refractivity contribution >= 4 is 16.8 Å². The third kappa shape index (κ3) is 4.01. The lowest BCUT2D eigenvalue weighted by atomic mass is 9.72. The number of nitrogens with zero attached hydrogens (tertiary/aromatic N) is 3. The molecule has 1 amide bonds. The first-order valence-corrected chi connectivity index (χ1v) is 12.3. The second kappa shape index (κ2) is 9.36. The standard InChI is InChI=1S/C30H30FN3O2/c1-4-8-21(3)33-28(35)18-30(29(33)36,17-22-9-6-5-7-10-22)26-16-23-19-32-34(27(23)15-20(26)2)25-13-11-24(31)12-14-25/h4-16,19,21,28,35H,17-18H2,1-3H3/b8-4-. The van der Waals surface area contributed by atoms with Gasteiger partial charge in [-0.2, -0.15) is 5.10 Å². The molecule has 1 saturated heterocycles. The smallest absolute Gasteiger partial charge is 0.236 e. The van der Waals surface area contributed by atoms with E-state index in [4.69, 9.17) is 0 Å². The number of aliphatic hydroxyl groups is 1. The summed E-state index contributed by atoms with van der Waals surface area (Å²) < 4.78 is 15.2. The number of aromatic nitrogens is 2. The highest BCUT2D eigenvalue weighted by atomic mass is 19.1. The summed E-state index contributed by atoms with van der Waals surface area (Å²) in [5, 5.41) is 16.6. The first kappa shape index (κ1) is 23.9. The molecule has 5 rings (SSSR count). The number of fused-ring (bicyclic) bond motifs is 1. The number of aryl methyl sites for hydroxylation is 1. The predicted octanol–water partition coefficient (Wildman–Crippen LogP) is 5.47. The zero-order chi connectivity index (χ0) is 25.4. The second-order valence-electron chi connectivity index (χ2n) is 9.67. The lowest BCUT2D eigenvalue weighted by Crippen LogP contribution is -2.44. The van der Waals surface area contributed by atoms with Crippen molar-refractivity contribution in [2.45, 2.75) is 51.3 Å². The fraction of sp³-hybridized carbons (Fsp3) is 0.267. The normalized spacial score (nSPS) is 21.1. The molecule has 184 valence electrons. The van der Waals surface area contributed by atoms with Crippen LogP contribution in [0.1, 0.15) is 37.0 Å². The predicted molar refractivity (Wildman–Crippen MR) is 139 cm³/mol. The molecule has 6 heteroatoms. The van der Waals surface area contributed by atoms with E-state index >= 15 is 0 Å². The Hall–Kier alpha value is -3.77. The summed E-state index contributed by atoms with van der Waals surface area (Å²) in [4.78, 5) is 15.8. The molecule has 0 aliphatic carbocycles. The molecule has 3 atom stereocenters. The fourth-order valence-corrected chi connectivity index (χ4v) is 5.60. The maximum Gasteiger partial charge on any atom is 0.236 e. The molecule has 0 spiro atoms. The number of likely N-dealkylation sites (tertiary alicyclic amines) is 1. The molecule has 3 unspecified atom stereocenters. The van der Waals surface area contributed by atoms with E-state index in [2.05, 4.69) is 5.10 Å². The summed E-state index contributed by atoms with van der Waals surface area (Å²) in [6.07, 6.45) is 5.52. The van der Waals surface area contributed by atoms with Gasteiger partial charge in [0.1, 0.15) is 12.0 Å². The van der Waals surface area contributed by atoms with Gasteiger partial charge in [0.25, 0.3) is 0 Å². The van der Waals surface area contributed by atoms with E-state index in [0.29, 0.717) is 12.8 Å². The lowest BCUT2D eigenvalue weighted by Gasteiger charge is -2.31. The minimum atomic E-state index is -0.910. The van der Waals surface area contributed by atoms with Gasteiger partial charge in [0.05, 0.1) is 22.8 Å². The number of halogens is 1. The zero-order valence-corrected chi connectivity index (χ0v) is 20.7. The number of amides is 1. The van der Waals surface area contributed by atoms with Gasteiger partial charge < -0.3 is 10.0 Å². The average Bonchev–Trinajstić information content (AvgIpc) is 3.37.